The first kappa shape index (κ1) is 24.1. The van der Waals surface area contributed by atoms with Crippen LogP contribution in [0.1, 0.15) is 49.6 Å². The minimum Gasteiger partial charge on any atom is -0.507 e. The average molecular weight is 476 g/mol. The molecule has 1 fully saturated rings. The zero-order chi connectivity index (χ0) is 24.8. The van der Waals surface area contributed by atoms with E-state index in [2.05, 4.69) is 6.92 Å². The lowest BCUT2D eigenvalue weighted by Gasteiger charge is -2.25. The minimum atomic E-state index is -0.804. The Morgan fingerprint density at radius 3 is 2.49 bits per heavy atom. The summed E-state index contributed by atoms with van der Waals surface area (Å²) in [6.45, 7) is 5.14. The van der Waals surface area contributed by atoms with E-state index in [0.717, 1.165) is 12.8 Å². The highest BCUT2D eigenvalue weighted by Gasteiger charge is 2.46. The summed E-state index contributed by atoms with van der Waals surface area (Å²) in [5.41, 5.74) is 1.11. The van der Waals surface area contributed by atoms with Gasteiger partial charge >= 0.3 is 0 Å². The topological polar surface area (TPSA) is 89.2 Å². The number of Topliss-reactive ketones (excluding diaryl/α,β-unsaturated/α-hetero) is 1. The van der Waals surface area contributed by atoms with Gasteiger partial charge in [0.25, 0.3) is 11.7 Å². The van der Waals surface area contributed by atoms with Gasteiger partial charge in [-0.25, -0.2) is 0 Å². The van der Waals surface area contributed by atoms with Crippen molar-refractivity contribution in [2.45, 2.75) is 39.3 Å². The van der Waals surface area contributed by atoms with E-state index in [9.17, 15) is 14.7 Å². The standard InChI is InChI=1S/C28H29NO6/c1-3-5-15-34-22-9-6-8-20(17-22)25-24(26(30)19-11-13-21(14-12-19)33-4-2)27(31)28(32)29(25)18-23-10-7-16-35-23/h6-14,16-17,25,30H,3-5,15,18H2,1-2H3. The first-order valence-corrected chi connectivity index (χ1v) is 11.8. The predicted molar refractivity (Wildman–Crippen MR) is 131 cm³/mol. The quantitative estimate of drug-likeness (QED) is 0.181. The molecule has 35 heavy (non-hydrogen) atoms. The minimum absolute atomic E-state index is 0.0245. The van der Waals surface area contributed by atoms with Crippen LogP contribution in [0, 0.1) is 0 Å². The molecule has 1 atom stereocenters. The smallest absolute Gasteiger partial charge is 0.296 e. The second-order valence-corrected chi connectivity index (χ2v) is 8.24. The number of hydrogen-bond donors (Lipinski definition) is 1. The van der Waals surface area contributed by atoms with Gasteiger partial charge < -0.3 is 23.9 Å². The summed E-state index contributed by atoms with van der Waals surface area (Å²) in [6, 6.07) is 16.7. The van der Waals surface area contributed by atoms with E-state index in [0.29, 0.717) is 41.6 Å². The number of hydrogen-bond acceptors (Lipinski definition) is 6. The van der Waals surface area contributed by atoms with Crippen molar-refractivity contribution >= 4 is 17.4 Å². The van der Waals surface area contributed by atoms with Gasteiger partial charge in [0.2, 0.25) is 0 Å². The van der Waals surface area contributed by atoms with Crippen LogP contribution in [0.2, 0.25) is 0 Å². The Hall–Kier alpha value is -4.00. The van der Waals surface area contributed by atoms with Crippen molar-refractivity contribution in [3.63, 3.8) is 0 Å². The zero-order valence-corrected chi connectivity index (χ0v) is 19.9. The number of rotatable bonds is 10. The van der Waals surface area contributed by atoms with Crippen LogP contribution in [-0.2, 0) is 16.1 Å². The summed E-state index contributed by atoms with van der Waals surface area (Å²) in [4.78, 5) is 27.8. The lowest BCUT2D eigenvalue weighted by Crippen LogP contribution is -2.29. The number of carbonyl (C=O) groups is 2. The van der Waals surface area contributed by atoms with E-state index in [1.165, 1.54) is 11.2 Å². The molecule has 0 aliphatic carbocycles. The zero-order valence-electron chi connectivity index (χ0n) is 19.9. The van der Waals surface area contributed by atoms with Gasteiger partial charge in [0.05, 0.1) is 37.6 Å². The molecule has 1 aromatic heterocycles. The fourth-order valence-electron chi connectivity index (χ4n) is 4.10. The third kappa shape index (κ3) is 5.24. The number of benzene rings is 2. The highest BCUT2D eigenvalue weighted by atomic mass is 16.5. The van der Waals surface area contributed by atoms with Gasteiger partial charge in [-0.2, -0.15) is 0 Å². The van der Waals surface area contributed by atoms with Crippen LogP contribution < -0.4 is 9.47 Å². The van der Waals surface area contributed by atoms with Crippen LogP contribution in [0.4, 0.5) is 0 Å². The van der Waals surface area contributed by atoms with Gasteiger partial charge in [-0.3, -0.25) is 9.59 Å². The number of unbranched alkanes of at least 4 members (excludes halogenated alkanes) is 1. The SMILES string of the molecule is CCCCOc1cccc(C2C(=C(O)c3ccc(OCC)cc3)C(=O)C(=O)N2Cc2ccco2)c1. The molecule has 0 radical (unpaired) electrons. The normalized spacial score (nSPS) is 17.1. The lowest BCUT2D eigenvalue weighted by molar-refractivity contribution is -0.140. The van der Waals surface area contributed by atoms with Crippen LogP contribution in [0.25, 0.3) is 5.76 Å². The highest BCUT2D eigenvalue weighted by molar-refractivity contribution is 6.46. The van der Waals surface area contributed by atoms with Crippen molar-refractivity contribution in [3.8, 4) is 11.5 Å². The molecular weight excluding hydrogens is 446 g/mol. The molecule has 1 aliphatic rings. The molecule has 2 aromatic carbocycles. The van der Waals surface area contributed by atoms with Crippen molar-refractivity contribution in [2.75, 3.05) is 13.2 Å². The number of ether oxygens (including phenoxy) is 2. The summed E-state index contributed by atoms with van der Waals surface area (Å²) in [5.74, 6) is 0.141. The predicted octanol–water partition coefficient (Wildman–Crippen LogP) is 5.48. The van der Waals surface area contributed by atoms with E-state index in [-0.39, 0.29) is 17.9 Å². The van der Waals surface area contributed by atoms with Gasteiger partial charge in [0.1, 0.15) is 23.0 Å². The average Bonchev–Trinajstić information content (AvgIpc) is 3.47. The van der Waals surface area contributed by atoms with Crippen LogP contribution >= 0.6 is 0 Å². The van der Waals surface area contributed by atoms with Crippen molar-refractivity contribution in [2.24, 2.45) is 0 Å². The molecule has 4 rings (SSSR count). The van der Waals surface area contributed by atoms with E-state index >= 15 is 0 Å². The maximum Gasteiger partial charge on any atom is 0.296 e. The van der Waals surface area contributed by atoms with Crippen molar-refractivity contribution in [1.82, 2.24) is 4.90 Å². The Labute approximate surface area is 204 Å². The molecule has 1 unspecified atom stereocenters. The molecule has 1 aliphatic heterocycles. The van der Waals surface area contributed by atoms with E-state index in [1.807, 2.05) is 31.2 Å². The van der Waals surface area contributed by atoms with E-state index in [4.69, 9.17) is 13.9 Å². The number of likely N-dealkylation sites (tertiary alicyclic amines) is 1. The summed E-state index contributed by atoms with van der Waals surface area (Å²) >= 11 is 0. The largest absolute Gasteiger partial charge is 0.507 e. The summed E-state index contributed by atoms with van der Waals surface area (Å²) in [5, 5.41) is 11.2. The molecule has 3 aromatic rings. The first-order valence-electron chi connectivity index (χ1n) is 11.8. The third-order valence-electron chi connectivity index (χ3n) is 5.83. The Morgan fingerprint density at radius 2 is 1.80 bits per heavy atom. The van der Waals surface area contributed by atoms with Crippen molar-refractivity contribution in [1.29, 1.82) is 0 Å². The molecule has 1 N–H and O–H groups in total. The van der Waals surface area contributed by atoms with Crippen molar-refractivity contribution < 1.29 is 28.6 Å². The Bertz CT molecular complexity index is 1200. The van der Waals surface area contributed by atoms with Crippen LogP contribution in [0.5, 0.6) is 11.5 Å². The molecule has 7 nitrogen and oxygen atoms in total. The Balaban J connectivity index is 1.77. The van der Waals surface area contributed by atoms with Crippen LogP contribution in [0.3, 0.4) is 0 Å². The van der Waals surface area contributed by atoms with E-state index in [1.54, 1.807) is 36.4 Å². The molecule has 1 saturated heterocycles. The van der Waals surface area contributed by atoms with Gasteiger partial charge in [-0.15, -0.1) is 0 Å². The number of ketones is 1. The van der Waals surface area contributed by atoms with Gasteiger partial charge in [0.15, 0.2) is 0 Å². The Morgan fingerprint density at radius 1 is 1.00 bits per heavy atom. The summed E-state index contributed by atoms with van der Waals surface area (Å²) in [6.07, 6.45) is 3.44. The van der Waals surface area contributed by atoms with E-state index < -0.39 is 17.7 Å². The fraction of sp³-hybridized carbons (Fsp3) is 0.286. The maximum absolute atomic E-state index is 13.2. The Kier molecular flexibility index (Phi) is 7.55. The van der Waals surface area contributed by atoms with Crippen molar-refractivity contribution in [3.05, 3.63) is 89.4 Å². The van der Waals surface area contributed by atoms with Gasteiger partial charge in [-0.1, -0.05) is 25.5 Å². The molecule has 0 spiro atoms. The molecular formula is C28H29NO6. The number of nitrogens with zero attached hydrogens (tertiary/aromatic N) is 1. The van der Waals surface area contributed by atoms with Crippen LogP contribution in [0.15, 0.2) is 76.9 Å². The first-order chi connectivity index (χ1) is 17.0. The molecule has 0 bridgehead atoms. The number of carbonyl (C=O) groups excluding carboxylic acids is 2. The molecule has 182 valence electrons. The number of aliphatic hydroxyl groups is 1. The fourth-order valence-corrected chi connectivity index (χ4v) is 4.10. The molecule has 7 heteroatoms. The third-order valence-corrected chi connectivity index (χ3v) is 5.83. The number of amides is 1. The molecule has 1 amide bonds. The second-order valence-electron chi connectivity index (χ2n) is 8.24. The number of furan rings is 1. The summed E-state index contributed by atoms with van der Waals surface area (Å²) < 4.78 is 16.8. The second kappa shape index (κ2) is 11.0. The highest BCUT2D eigenvalue weighted by Crippen LogP contribution is 2.41. The number of aliphatic hydroxyl groups excluding tert-OH is 1. The lowest BCUT2D eigenvalue weighted by atomic mass is 9.95. The van der Waals surface area contributed by atoms with Gasteiger partial charge in [-0.05, 0) is 67.4 Å². The molecule has 0 saturated carbocycles. The van der Waals surface area contributed by atoms with Gasteiger partial charge in [0, 0.05) is 5.56 Å². The monoisotopic (exact) mass is 475 g/mol. The van der Waals surface area contributed by atoms with Crippen LogP contribution in [-0.4, -0.2) is 34.9 Å². The summed E-state index contributed by atoms with van der Waals surface area (Å²) in [7, 11) is 0. The molecule has 2 heterocycles. The maximum atomic E-state index is 13.2.